The summed E-state index contributed by atoms with van der Waals surface area (Å²) in [5.74, 6) is 0.843. The number of hydrogen-bond acceptors (Lipinski definition) is 3. The summed E-state index contributed by atoms with van der Waals surface area (Å²) in [4.78, 5) is 18.5. The van der Waals surface area contributed by atoms with Gasteiger partial charge in [0.25, 0.3) is 0 Å². The average molecular weight is 579 g/mol. The fourth-order valence-corrected chi connectivity index (χ4v) is 7.42. The van der Waals surface area contributed by atoms with Crippen LogP contribution in [0, 0.1) is 22.7 Å². The molecule has 0 radical (unpaired) electrons. The first-order chi connectivity index (χ1) is 18.5. The zero-order valence-electron chi connectivity index (χ0n) is 26.5. The van der Waals surface area contributed by atoms with Gasteiger partial charge in [0.2, 0.25) is 21.1 Å². The zero-order valence-corrected chi connectivity index (χ0v) is 28.1. The Balaban J connectivity index is 1.92. The lowest BCUT2D eigenvalue weighted by molar-refractivity contribution is -0.300. The number of thioether (sulfide) groups is 1. The standard InChI is InChI=1S/C36H50O2S2/c1-23(2)15-29-19-25(17-27(39-29)11-13-35(5,6)7)21-31-33(37)32(34(31)38)22-26-18-28(12-14-36(8,9)10)40-30(20-26)16-24(3)4/h17-24H,11-16H2,1-10H3. The SMILES string of the molecule is CC(C)CC1=CC(=CC2=C([O-])C(=Cc3cc(CCC(C)(C)C)[s+]c(CC(C)C)c3)C2=O)C=C(CCC(C)(C)C)S1. The molecule has 0 N–H and O–H groups in total. The Morgan fingerprint density at radius 1 is 0.825 bits per heavy atom. The molecule has 1 aliphatic heterocycles. The van der Waals surface area contributed by atoms with Crippen LogP contribution in [0.2, 0.25) is 0 Å². The van der Waals surface area contributed by atoms with Gasteiger partial charge in [-0.3, -0.25) is 4.79 Å². The maximum absolute atomic E-state index is 13.2. The third kappa shape index (κ3) is 10.2. The van der Waals surface area contributed by atoms with Crippen LogP contribution in [-0.2, 0) is 17.6 Å². The molecule has 2 nitrogen and oxygen atoms in total. The summed E-state index contributed by atoms with van der Waals surface area (Å²) in [5, 5.41) is 13.2. The molecule has 0 saturated heterocycles. The second kappa shape index (κ2) is 13.4. The molecular weight excluding hydrogens is 529 g/mol. The van der Waals surface area contributed by atoms with Crippen molar-refractivity contribution in [2.75, 3.05) is 0 Å². The summed E-state index contributed by atoms with van der Waals surface area (Å²) in [7, 11) is 0. The van der Waals surface area contributed by atoms with E-state index in [9.17, 15) is 9.90 Å². The van der Waals surface area contributed by atoms with Gasteiger partial charge in [0.1, 0.15) is 0 Å². The number of Topliss-reactive ketones (excluding diaryl/α,β-unsaturated/α-hetero) is 1. The number of carbonyl (C=O) groups is 1. The second-order valence-corrected chi connectivity index (χ2v) is 17.2. The highest BCUT2D eigenvalue weighted by Crippen LogP contribution is 2.41. The van der Waals surface area contributed by atoms with Crippen LogP contribution in [0.3, 0.4) is 0 Å². The van der Waals surface area contributed by atoms with Gasteiger partial charge in [-0.05, 0) is 93.6 Å². The van der Waals surface area contributed by atoms with Gasteiger partial charge in [-0.15, -0.1) is 0 Å². The van der Waals surface area contributed by atoms with Gasteiger partial charge in [-0.1, -0.05) is 86.8 Å². The molecule has 0 spiro atoms. The highest BCUT2D eigenvalue weighted by molar-refractivity contribution is 8.06. The van der Waals surface area contributed by atoms with Crippen LogP contribution in [0.15, 0.2) is 62.6 Å². The predicted molar refractivity (Wildman–Crippen MR) is 175 cm³/mol. The van der Waals surface area contributed by atoms with Crippen molar-refractivity contribution in [3.8, 4) is 0 Å². The van der Waals surface area contributed by atoms with Gasteiger partial charge in [0.15, 0.2) is 5.78 Å². The minimum Gasteiger partial charge on any atom is -0.871 e. The molecule has 40 heavy (non-hydrogen) atoms. The van der Waals surface area contributed by atoms with E-state index in [1.807, 2.05) is 35.3 Å². The molecule has 1 aliphatic carbocycles. The van der Waals surface area contributed by atoms with Gasteiger partial charge < -0.3 is 5.11 Å². The predicted octanol–water partition coefficient (Wildman–Crippen LogP) is 10.1. The smallest absolute Gasteiger partial charge is 0.218 e. The quantitative estimate of drug-likeness (QED) is 0.205. The maximum atomic E-state index is 13.2. The lowest BCUT2D eigenvalue weighted by Crippen LogP contribution is -2.29. The van der Waals surface area contributed by atoms with E-state index in [-0.39, 0.29) is 22.4 Å². The average Bonchev–Trinajstić information content (AvgIpc) is 2.81. The molecule has 1 aromatic rings. The summed E-state index contributed by atoms with van der Waals surface area (Å²) < 4.78 is 0. The summed E-state index contributed by atoms with van der Waals surface area (Å²) >= 11 is 3.73. The fraction of sp³-hybridized carbons (Fsp3) is 0.556. The van der Waals surface area contributed by atoms with Crippen molar-refractivity contribution in [1.82, 2.24) is 0 Å². The molecule has 0 saturated carbocycles. The van der Waals surface area contributed by atoms with Gasteiger partial charge in [0.05, 0.1) is 0 Å². The molecule has 0 amide bonds. The lowest BCUT2D eigenvalue weighted by Gasteiger charge is -2.29. The van der Waals surface area contributed by atoms with Crippen molar-refractivity contribution in [2.45, 2.75) is 108 Å². The number of ketones is 1. The molecule has 0 aromatic carbocycles. The highest BCUT2D eigenvalue weighted by atomic mass is 32.2. The van der Waals surface area contributed by atoms with E-state index in [4.69, 9.17) is 0 Å². The van der Waals surface area contributed by atoms with E-state index in [1.165, 1.54) is 19.6 Å². The van der Waals surface area contributed by atoms with Crippen LogP contribution in [0.25, 0.3) is 6.08 Å². The third-order valence-electron chi connectivity index (χ3n) is 6.90. The van der Waals surface area contributed by atoms with E-state index >= 15 is 0 Å². The Labute approximate surface area is 252 Å². The normalized spacial score (nSPS) is 18.6. The van der Waals surface area contributed by atoms with Crippen molar-refractivity contribution < 1.29 is 9.90 Å². The van der Waals surface area contributed by atoms with Crippen molar-refractivity contribution >= 4 is 35.0 Å². The topological polar surface area (TPSA) is 40.1 Å². The van der Waals surface area contributed by atoms with Crippen molar-refractivity contribution in [3.05, 3.63) is 78.0 Å². The summed E-state index contributed by atoms with van der Waals surface area (Å²) in [6.45, 7) is 22.5. The van der Waals surface area contributed by atoms with Crippen LogP contribution in [-0.4, -0.2) is 5.78 Å². The molecule has 0 fully saturated rings. The van der Waals surface area contributed by atoms with Gasteiger partial charge in [-0.25, -0.2) is 0 Å². The first kappa shape index (κ1) is 32.6. The van der Waals surface area contributed by atoms with Crippen LogP contribution < -0.4 is 5.11 Å². The highest BCUT2D eigenvalue weighted by Gasteiger charge is 2.27. The van der Waals surface area contributed by atoms with E-state index in [0.29, 0.717) is 23.0 Å². The van der Waals surface area contributed by atoms with E-state index in [1.54, 1.807) is 0 Å². The van der Waals surface area contributed by atoms with Gasteiger partial charge >= 0.3 is 0 Å². The largest absolute Gasteiger partial charge is 0.871 e. The van der Waals surface area contributed by atoms with Crippen LogP contribution in [0.5, 0.6) is 0 Å². The van der Waals surface area contributed by atoms with E-state index in [0.717, 1.165) is 49.7 Å². The molecule has 3 rings (SSSR count). The Kier molecular flexibility index (Phi) is 10.9. The van der Waals surface area contributed by atoms with E-state index in [2.05, 4.69) is 93.5 Å². The molecule has 0 bridgehead atoms. The summed E-state index contributed by atoms with van der Waals surface area (Å²) in [5.41, 5.74) is 3.10. The van der Waals surface area contributed by atoms with Crippen molar-refractivity contribution in [1.29, 1.82) is 0 Å². The van der Waals surface area contributed by atoms with Gasteiger partial charge in [-0.2, -0.15) is 0 Å². The molecule has 1 aromatic heterocycles. The molecule has 4 heteroatoms. The third-order valence-corrected chi connectivity index (χ3v) is 9.16. The van der Waals surface area contributed by atoms with E-state index < -0.39 is 0 Å². The Bertz CT molecular complexity index is 1250. The Morgan fingerprint density at radius 2 is 1.40 bits per heavy atom. The van der Waals surface area contributed by atoms with Crippen molar-refractivity contribution in [3.63, 3.8) is 0 Å². The number of aryl methyl sites for hydroxylation is 1. The maximum Gasteiger partial charge on any atom is 0.218 e. The minimum atomic E-state index is -0.131. The first-order valence-corrected chi connectivity index (χ1v) is 16.6. The first-order valence-electron chi connectivity index (χ1n) is 14.9. The second-order valence-electron chi connectivity index (χ2n) is 14.7. The summed E-state index contributed by atoms with van der Waals surface area (Å²) in [6, 6.07) is 4.34. The Morgan fingerprint density at radius 3 is 1.98 bits per heavy atom. The Hall–Kier alpha value is -1.91. The lowest BCUT2D eigenvalue weighted by atomic mass is 9.85. The fourth-order valence-electron chi connectivity index (χ4n) is 4.73. The molecule has 2 aliphatic rings. The van der Waals surface area contributed by atoms with Crippen LogP contribution in [0.4, 0.5) is 0 Å². The van der Waals surface area contributed by atoms with Crippen LogP contribution >= 0.6 is 23.1 Å². The molecule has 218 valence electrons. The molecule has 2 heterocycles. The number of carbonyl (C=O) groups excluding carboxylic acids is 1. The van der Waals surface area contributed by atoms with Crippen molar-refractivity contribution in [2.24, 2.45) is 22.7 Å². The molecular formula is C36H50O2S2. The number of hydrogen-bond donors (Lipinski definition) is 0. The minimum absolute atomic E-state index is 0.131. The van der Waals surface area contributed by atoms with Gasteiger partial charge in [0, 0.05) is 36.1 Å². The molecule has 0 atom stereocenters. The summed E-state index contributed by atoms with van der Waals surface area (Å²) in [6.07, 6.45) is 14.2. The van der Waals surface area contributed by atoms with Crippen LogP contribution in [0.1, 0.15) is 110 Å². The monoisotopic (exact) mass is 578 g/mol. The zero-order chi connectivity index (χ0) is 29.8. The number of allylic oxidation sites excluding steroid dienone is 8. The molecule has 0 unspecified atom stereocenters. The number of rotatable bonds is 10.